The molecule has 36 heavy (non-hydrogen) atoms. The molecule has 190 valence electrons. The maximum absolute atomic E-state index is 14.0. The van der Waals surface area contributed by atoms with E-state index in [2.05, 4.69) is 0 Å². The molecule has 2 aromatic carbocycles. The van der Waals surface area contributed by atoms with Gasteiger partial charge in [0.15, 0.2) is 0 Å². The second-order valence-electron chi connectivity index (χ2n) is 10.5. The topological polar surface area (TPSA) is 87.2 Å². The molecule has 1 aliphatic carbocycles. The van der Waals surface area contributed by atoms with Gasteiger partial charge in [-0.3, -0.25) is 19.3 Å². The number of para-hydroxylation sites is 1. The number of hydrogen-bond donors (Lipinski definition) is 1. The molecule has 1 N–H and O–H groups in total. The van der Waals surface area contributed by atoms with Gasteiger partial charge in [-0.15, -0.1) is 0 Å². The third kappa shape index (κ3) is 3.81. The predicted molar refractivity (Wildman–Crippen MR) is 134 cm³/mol. The second-order valence-corrected chi connectivity index (χ2v) is 10.5. The fourth-order valence-electron chi connectivity index (χ4n) is 6.81. The molecule has 5 rings (SSSR count). The number of piperidine rings is 1. The fraction of sp³-hybridized carbons (Fsp3) is 0.483. The lowest BCUT2D eigenvalue weighted by atomic mass is 9.66. The van der Waals surface area contributed by atoms with Gasteiger partial charge in [-0.2, -0.15) is 0 Å². The van der Waals surface area contributed by atoms with E-state index in [4.69, 9.17) is 4.74 Å². The standard InChI is InChI=1S/C29H34N2O5/c1-30-25(32)18-28(27(30)34,22-13-7-9-15-24(22)36-2)19-26(33)31-17-16-29(35,20-10-4-3-5-11-20)21-12-6-8-14-23(21)31/h3-5,7,9-11,13,15,21,23,35H,6,8,12,14,16-19H2,1-2H3/t21-,23-,28?,29+/m1/s1. The number of methoxy groups -OCH3 is 1. The van der Waals surface area contributed by atoms with Crippen molar-refractivity contribution in [1.82, 2.24) is 9.80 Å². The Kier molecular flexibility index (Phi) is 6.37. The van der Waals surface area contributed by atoms with Gasteiger partial charge in [-0.05, 0) is 30.9 Å². The minimum absolute atomic E-state index is 0.0651. The van der Waals surface area contributed by atoms with E-state index < -0.39 is 11.0 Å². The molecule has 4 atom stereocenters. The lowest BCUT2D eigenvalue weighted by Crippen LogP contribution is -2.59. The van der Waals surface area contributed by atoms with Crippen LogP contribution in [-0.4, -0.2) is 59.4 Å². The summed E-state index contributed by atoms with van der Waals surface area (Å²) in [5.74, 6) is -0.398. The number of hydrogen-bond acceptors (Lipinski definition) is 5. The summed E-state index contributed by atoms with van der Waals surface area (Å²) < 4.78 is 5.55. The molecule has 0 spiro atoms. The Labute approximate surface area is 212 Å². The summed E-state index contributed by atoms with van der Waals surface area (Å²) in [7, 11) is 3.01. The zero-order chi connectivity index (χ0) is 25.5. The Balaban J connectivity index is 1.48. The highest BCUT2D eigenvalue weighted by Gasteiger charge is 2.56. The van der Waals surface area contributed by atoms with Crippen LogP contribution < -0.4 is 4.74 Å². The van der Waals surface area contributed by atoms with Crippen LogP contribution in [0.2, 0.25) is 0 Å². The zero-order valence-corrected chi connectivity index (χ0v) is 21.0. The monoisotopic (exact) mass is 490 g/mol. The van der Waals surface area contributed by atoms with Crippen LogP contribution in [0.5, 0.6) is 5.75 Å². The molecular formula is C29H34N2O5. The molecule has 0 bridgehead atoms. The first-order valence-corrected chi connectivity index (χ1v) is 12.8. The molecule has 1 saturated carbocycles. The molecule has 3 amide bonds. The lowest BCUT2D eigenvalue weighted by molar-refractivity contribution is -0.157. The van der Waals surface area contributed by atoms with Gasteiger partial charge in [0.25, 0.3) is 0 Å². The van der Waals surface area contributed by atoms with Gasteiger partial charge in [-0.25, -0.2) is 0 Å². The number of carbonyl (C=O) groups excluding carboxylic acids is 3. The van der Waals surface area contributed by atoms with E-state index in [-0.39, 0.29) is 42.5 Å². The van der Waals surface area contributed by atoms with Crippen molar-refractivity contribution >= 4 is 17.7 Å². The molecule has 2 aliphatic heterocycles. The predicted octanol–water partition coefficient (Wildman–Crippen LogP) is 3.39. The van der Waals surface area contributed by atoms with Gasteiger partial charge < -0.3 is 14.7 Å². The van der Waals surface area contributed by atoms with Gasteiger partial charge in [0.05, 0.1) is 18.1 Å². The van der Waals surface area contributed by atoms with Gasteiger partial charge in [0.1, 0.15) is 5.75 Å². The lowest BCUT2D eigenvalue weighted by Gasteiger charge is -2.53. The molecule has 7 heteroatoms. The molecule has 2 saturated heterocycles. The van der Waals surface area contributed by atoms with Crippen LogP contribution in [0.25, 0.3) is 0 Å². The van der Waals surface area contributed by atoms with Gasteiger partial charge in [0.2, 0.25) is 17.7 Å². The highest BCUT2D eigenvalue weighted by atomic mass is 16.5. The van der Waals surface area contributed by atoms with Crippen molar-refractivity contribution in [2.45, 2.75) is 62.0 Å². The number of aliphatic hydroxyl groups is 1. The Hall–Kier alpha value is -3.19. The van der Waals surface area contributed by atoms with Crippen molar-refractivity contribution in [2.75, 3.05) is 20.7 Å². The Bertz CT molecular complexity index is 1170. The molecule has 1 unspecified atom stereocenters. The van der Waals surface area contributed by atoms with Gasteiger partial charge in [-0.1, -0.05) is 61.4 Å². The summed E-state index contributed by atoms with van der Waals surface area (Å²) in [6.07, 6.45) is 3.95. The van der Waals surface area contributed by atoms with Crippen molar-refractivity contribution in [3.63, 3.8) is 0 Å². The molecular weight excluding hydrogens is 456 g/mol. The number of carbonyl (C=O) groups is 3. The SMILES string of the molecule is COc1ccccc1C1(CC(=O)N2CC[C@](O)(c3ccccc3)[C@@H]3CCCC[C@H]32)CC(=O)N(C)C1=O. The van der Waals surface area contributed by atoms with E-state index in [0.717, 1.165) is 36.1 Å². The van der Waals surface area contributed by atoms with E-state index in [9.17, 15) is 19.5 Å². The number of nitrogens with zero attached hydrogens (tertiary/aromatic N) is 2. The number of benzene rings is 2. The van der Waals surface area contributed by atoms with Crippen LogP contribution in [0.1, 0.15) is 56.1 Å². The van der Waals surface area contributed by atoms with Crippen molar-refractivity contribution in [3.8, 4) is 5.75 Å². The first-order chi connectivity index (χ1) is 17.3. The summed E-state index contributed by atoms with van der Waals surface area (Å²) in [4.78, 5) is 43.3. The third-order valence-corrected chi connectivity index (χ3v) is 8.69. The third-order valence-electron chi connectivity index (χ3n) is 8.69. The Morgan fingerprint density at radius 3 is 2.44 bits per heavy atom. The maximum atomic E-state index is 14.0. The van der Waals surface area contributed by atoms with Crippen LogP contribution >= 0.6 is 0 Å². The van der Waals surface area contributed by atoms with Crippen LogP contribution in [-0.2, 0) is 25.4 Å². The molecule has 7 nitrogen and oxygen atoms in total. The highest BCUT2D eigenvalue weighted by Crippen LogP contribution is 2.49. The number of imide groups is 1. The number of likely N-dealkylation sites (N-methyl/N-ethyl adjacent to an activating group) is 1. The van der Waals surface area contributed by atoms with Gasteiger partial charge in [0, 0.05) is 44.0 Å². The number of likely N-dealkylation sites (tertiary alicyclic amines) is 2. The number of ether oxygens (including phenoxy) is 1. The zero-order valence-electron chi connectivity index (χ0n) is 21.0. The molecule has 0 aromatic heterocycles. The fourth-order valence-corrected chi connectivity index (χ4v) is 6.81. The molecule has 3 fully saturated rings. The summed E-state index contributed by atoms with van der Waals surface area (Å²) in [5, 5.41) is 11.9. The quantitative estimate of drug-likeness (QED) is 0.650. The minimum Gasteiger partial charge on any atom is -0.496 e. The number of amides is 3. The maximum Gasteiger partial charge on any atom is 0.240 e. The van der Waals surface area contributed by atoms with Crippen LogP contribution in [0, 0.1) is 5.92 Å². The van der Waals surface area contributed by atoms with Gasteiger partial charge >= 0.3 is 0 Å². The van der Waals surface area contributed by atoms with Crippen molar-refractivity contribution in [3.05, 3.63) is 65.7 Å². The van der Waals surface area contributed by atoms with Crippen LogP contribution in [0.4, 0.5) is 0 Å². The van der Waals surface area contributed by atoms with Crippen molar-refractivity contribution in [1.29, 1.82) is 0 Å². The largest absolute Gasteiger partial charge is 0.496 e. The van der Waals surface area contributed by atoms with Crippen molar-refractivity contribution in [2.24, 2.45) is 5.92 Å². The molecule has 2 aromatic rings. The van der Waals surface area contributed by atoms with E-state index in [1.807, 2.05) is 41.3 Å². The first-order valence-electron chi connectivity index (χ1n) is 12.8. The normalized spacial score (nSPS) is 30.3. The summed E-state index contributed by atoms with van der Waals surface area (Å²) >= 11 is 0. The molecule has 3 aliphatic rings. The van der Waals surface area contributed by atoms with E-state index in [1.54, 1.807) is 18.2 Å². The Morgan fingerprint density at radius 2 is 1.75 bits per heavy atom. The number of rotatable bonds is 5. The van der Waals surface area contributed by atoms with E-state index in [0.29, 0.717) is 24.3 Å². The van der Waals surface area contributed by atoms with E-state index in [1.165, 1.54) is 14.2 Å². The van der Waals surface area contributed by atoms with Crippen LogP contribution in [0.3, 0.4) is 0 Å². The molecule has 2 heterocycles. The average molecular weight is 491 g/mol. The average Bonchev–Trinajstić information content (AvgIpc) is 3.13. The summed E-state index contributed by atoms with van der Waals surface area (Å²) in [5.41, 5.74) is -0.811. The summed E-state index contributed by atoms with van der Waals surface area (Å²) in [6.45, 7) is 0.408. The summed E-state index contributed by atoms with van der Waals surface area (Å²) in [6, 6.07) is 16.8. The first kappa shape index (κ1) is 24.5. The van der Waals surface area contributed by atoms with Crippen LogP contribution in [0.15, 0.2) is 54.6 Å². The van der Waals surface area contributed by atoms with E-state index >= 15 is 0 Å². The second kappa shape index (κ2) is 9.36. The number of fused-ring (bicyclic) bond motifs is 1. The smallest absolute Gasteiger partial charge is 0.240 e. The van der Waals surface area contributed by atoms with Crippen molar-refractivity contribution < 1.29 is 24.2 Å². The minimum atomic E-state index is -1.30. The molecule has 0 radical (unpaired) electrons. The Morgan fingerprint density at radius 1 is 1.06 bits per heavy atom. The highest BCUT2D eigenvalue weighted by molar-refractivity contribution is 6.10.